The number of thiol groups is 1. The largest absolute Gasteiger partial charge is 0.480 e. The highest BCUT2D eigenvalue weighted by Gasteiger charge is 2.27. The number of nitrogens with one attached hydrogen (secondary N) is 4. The van der Waals surface area contributed by atoms with Gasteiger partial charge in [-0.1, -0.05) is 18.2 Å². The van der Waals surface area contributed by atoms with E-state index in [1.165, 1.54) is 0 Å². The number of carbonyl (C=O) groups is 4. The number of hydrogen-bond acceptors (Lipinski definition) is 7. The number of carboxylic acid groups (broad SMARTS) is 1. The minimum Gasteiger partial charge on any atom is -0.480 e. The fourth-order valence-corrected chi connectivity index (χ4v) is 3.06. The summed E-state index contributed by atoms with van der Waals surface area (Å²) in [7, 11) is 0. The molecule has 2 aromatic rings. The Balaban J connectivity index is 2.15. The monoisotopic (exact) mass is 451 g/mol. The smallest absolute Gasteiger partial charge is 0.327 e. The van der Waals surface area contributed by atoms with Crippen LogP contribution in [0.4, 0.5) is 0 Å². The summed E-state index contributed by atoms with van der Waals surface area (Å²) in [6, 6.07) is 3.85. The average molecular weight is 452 g/mol. The summed E-state index contributed by atoms with van der Waals surface area (Å²) in [6.07, 6.45) is 1.77. The van der Waals surface area contributed by atoms with Crippen LogP contribution in [-0.2, 0) is 25.6 Å². The van der Waals surface area contributed by atoms with Gasteiger partial charge in [0, 0.05) is 29.3 Å². The normalized spacial score (nSPS) is 13.8. The van der Waals surface area contributed by atoms with Crippen LogP contribution < -0.4 is 21.7 Å². The van der Waals surface area contributed by atoms with Gasteiger partial charge in [-0.25, -0.2) is 4.79 Å². The van der Waals surface area contributed by atoms with Crippen LogP contribution in [0.3, 0.4) is 0 Å². The number of para-hydroxylation sites is 1. The third-order valence-electron chi connectivity index (χ3n) is 4.50. The number of fused-ring (bicyclic) bond motifs is 1. The first-order chi connectivity index (χ1) is 14.8. The van der Waals surface area contributed by atoms with E-state index in [4.69, 9.17) is 15.9 Å². The number of benzene rings is 1. The Labute approximate surface area is 183 Å². The number of H-pyrrole nitrogens is 1. The molecule has 0 saturated carbocycles. The minimum absolute atomic E-state index is 0.0740. The first-order valence-electron chi connectivity index (χ1n) is 9.39. The molecule has 12 heteroatoms. The molecule has 0 bridgehead atoms. The van der Waals surface area contributed by atoms with Crippen molar-refractivity contribution in [2.75, 3.05) is 18.9 Å². The van der Waals surface area contributed by atoms with Crippen molar-refractivity contribution in [2.45, 2.75) is 24.5 Å². The van der Waals surface area contributed by atoms with Crippen LogP contribution >= 0.6 is 12.6 Å². The number of nitrogens with two attached hydrogens (primary N) is 1. The molecule has 168 valence electrons. The van der Waals surface area contributed by atoms with Crippen LogP contribution in [0.25, 0.3) is 10.9 Å². The highest BCUT2D eigenvalue weighted by Crippen LogP contribution is 2.19. The fourth-order valence-electron chi connectivity index (χ4n) is 2.81. The third-order valence-corrected chi connectivity index (χ3v) is 4.87. The first kappa shape index (κ1) is 24.2. The highest BCUT2D eigenvalue weighted by molar-refractivity contribution is 7.80. The SMILES string of the molecule is NC(CO)C(=O)NCC(=O)NC(Cc1c[nH]c2ccccc12)C(=O)NC(CS)C(=O)O. The molecule has 3 unspecified atom stereocenters. The van der Waals surface area contributed by atoms with Crippen molar-refractivity contribution in [2.24, 2.45) is 5.73 Å². The quantitative estimate of drug-likeness (QED) is 0.184. The van der Waals surface area contributed by atoms with Gasteiger partial charge in [0.05, 0.1) is 13.2 Å². The summed E-state index contributed by atoms with van der Waals surface area (Å²) < 4.78 is 0. The molecule has 31 heavy (non-hydrogen) atoms. The number of rotatable bonds is 11. The van der Waals surface area contributed by atoms with Gasteiger partial charge in [-0.3, -0.25) is 14.4 Å². The predicted molar refractivity (Wildman–Crippen MR) is 115 cm³/mol. The van der Waals surface area contributed by atoms with Crippen LogP contribution in [0, 0.1) is 0 Å². The molecule has 1 heterocycles. The van der Waals surface area contributed by atoms with Gasteiger partial charge in [-0.15, -0.1) is 0 Å². The van der Waals surface area contributed by atoms with E-state index in [1.807, 2.05) is 24.3 Å². The van der Waals surface area contributed by atoms with E-state index in [9.17, 15) is 19.2 Å². The summed E-state index contributed by atoms with van der Waals surface area (Å²) in [4.78, 5) is 51.0. The van der Waals surface area contributed by atoms with E-state index in [0.717, 1.165) is 16.5 Å². The zero-order valence-electron chi connectivity index (χ0n) is 16.5. The Hall–Kier alpha value is -3.09. The highest BCUT2D eigenvalue weighted by atomic mass is 32.1. The van der Waals surface area contributed by atoms with Gasteiger partial charge in [-0.2, -0.15) is 12.6 Å². The van der Waals surface area contributed by atoms with Crippen LogP contribution in [-0.4, -0.2) is 75.9 Å². The molecule has 0 aliphatic heterocycles. The number of aliphatic carboxylic acids is 1. The standard InChI is InChI=1S/C19H25N5O6S/c20-12(8-25)17(27)22-7-16(26)23-14(18(28)24-15(9-31)19(29)30)5-10-6-21-13-4-2-1-3-11(10)13/h1-4,6,12,14-15,21,25,31H,5,7-9,20H2,(H,22,27)(H,23,26)(H,24,28)(H,29,30). The number of aliphatic hydroxyl groups excluding tert-OH is 1. The maximum Gasteiger partial charge on any atom is 0.327 e. The summed E-state index contributed by atoms with van der Waals surface area (Å²) in [5.41, 5.74) is 6.95. The van der Waals surface area contributed by atoms with E-state index in [0.29, 0.717) is 0 Å². The van der Waals surface area contributed by atoms with E-state index in [-0.39, 0.29) is 12.2 Å². The number of amides is 3. The zero-order valence-corrected chi connectivity index (χ0v) is 17.4. The number of carbonyl (C=O) groups excluding carboxylic acids is 3. The lowest BCUT2D eigenvalue weighted by Crippen LogP contribution is -2.55. The first-order valence-corrected chi connectivity index (χ1v) is 10.0. The van der Waals surface area contributed by atoms with Gasteiger partial charge in [0.25, 0.3) is 0 Å². The summed E-state index contributed by atoms with van der Waals surface area (Å²) in [5.74, 6) is -3.51. The molecule has 0 spiro atoms. The molecule has 8 N–H and O–H groups in total. The van der Waals surface area contributed by atoms with Gasteiger partial charge in [0.15, 0.2) is 0 Å². The molecule has 3 amide bonds. The van der Waals surface area contributed by atoms with Crippen molar-refractivity contribution in [1.29, 1.82) is 0 Å². The lowest BCUT2D eigenvalue weighted by atomic mass is 10.0. The number of carboxylic acids is 1. The second-order valence-electron chi connectivity index (χ2n) is 6.77. The predicted octanol–water partition coefficient (Wildman–Crippen LogP) is -1.87. The Morgan fingerprint density at radius 3 is 2.45 bits per heavy atom. The maximum absolute atomic E-state index is 12.7. The van der Waals surface area contributed by atoms with Gasteiger partial charge in [0.2, 0.25) is 17.7 Å². The molecule has 0 aliphatic carbocycles. The van der Waals surface area contributed by atoms with E-state index < -0.39 is 55.0 Å². The minimum atomic E-state index is -1.26. The molecular weight excluding hydrogens is 426 g/mol. The fraction of sp³-hybridized carbons (Fsp3) is 0.368. The summed E-state index contributed by atoms with van der Waals surface area (Å²) in [5, 5.41) is 26.0. The van der Waals surface area contributed by atoms with E-state index in [2.05, 4.69) is 33.6 Å². The molecule has 1 aromatic carbocycles. The van der Waals surface area contributed by atoms with Crippen molar-refractivity contribution in [3.63, 3.8) is 0 Å². The van der Waals surface area contributed by atoms with Crippen LogP contribution in [0.1, 0.15) is 5.56 Å². The molecule has 0 aliphatic rings. The third kappa shape index (κ3) is 6.70. The number of aromatic nitrogens is 1. The van der Waals surface area contributed by atoms with Crippen LogP contribution in [0.2, 0.25) is 0 Å². The molecule has 0 radical (unpaired) electrons. The Bertz CT molecular complexity index is 949. The zero-order chi connectivity index (χ0) is 23.0. The molecule has 2 rings (SSSR count). The van der Waals surface area contributed by atoms with Crippen molar-refractivity contribution in [3.05, 3.63) is 36.0 Å². The van der Waals surface area contributed by atoms with Gasteiger partial charge in [0.1, 0.15) is 18.1 Å². The van der Waals surface area contributed by atoms with E-state index in [1.54, 1.807) is 6.20 Å². The second kappa shape index (κ2) is 11.3. The molecule has 11 nitrogen and oxygen atoms in total. The van der Waals surface area contributed by atoms with Gasteiger partial charge >= 0.3 is 5.97 Å². The Morgan fingerprint density at radius 2 is 1.81 bits per heavy atom. The number of aromatic amines is 1. The number of aliphatic hydroxyl groups is 1. The van der Waals surface area contributed by atoms with Gasteiger partial charge in [-0.05, 0) is 11.6 Å². The topological polar surface area (TPSA) is 187 Å². The molecule has 0 fully saturated rings. The van der Waals surface area contributed by atoms with Gasteiger partial charge < -0.3 is 36.9 Å². The summed E-state index contributed by atoms with van der Waals surface area (Å²) >= 11 is 3.92. The van der Waals surface area contributed by atoms with Crippen LogP contribution in [0.5, 0.6) is 0 Å². The number of hydrogen-bond donors (Lipinski definition) is 8. The summed E-state index contributed by atoms with van der Waals surface area (Å²) in [6.45, 7) is -1.06. The van der Waals surface area contributed by atoms with Crippen molar-refractivity contribution < 1.29 is 29.4 Å². The van der Waals surface area contributed by atoms with Crippen molar-refractivity contribution in [1.82, 2.24) is 20.9 Å². The molecule has 1 aromatic heterocycles. The van der Waals surface area contributed by atoms with Crippen molar-refractivity contribution in [3.8, 4) is 0 Å². The van der Waals surface area contributed by atoms with E-state index >= 15 is 0 Å². The Kier molecular flexibility index (Phi) is 8.85. The lowest BCUT2D eigenvalue weighted by Gasteiger charge is -2.21. The van der Waals surface area contributed by atoms with Crippen LogP contribution in [0.15, 0.2) is 30.5 Å². The van der Waals surface area contributed by atoms with Crippen molar-refractivity contribution >= 4 is 47.2 Å². The maximum atomic E-state index is 12.7. The molecular formula is C19H25N5O6S. The lowest BCUT2D eigenvalue weighted by molar-refractivity contribution is -0.141. The molecule has 3 atom stereocenters. The Morgan fingerprint density at radius 1 is 1.10 bits per heavy atom. The molecule has 0 saturated heterocycles. The second-order valence-corrected chi connectivity index (χ2v) is 7.14. The average Bonchev–Trinajstić information content (AvgIpc) is 3.17.